The predicted octanol–water partition coefficient (Wildman–Crippen LogP) is 2.56. The van der Waals surface area contributed by atoms with Crippen LogP contribution in [0.3, 0.4) is 0 Å². The first kappa shape index (κ1) is 10.9. The monoisotopic (exact) mass is 216 g/mol. The second kappa shape index (κ2) is 4.49. The first-order chi connectivity index (χ1) is 7.70. The van der Waals surface area contributed by atoms with Gasteiger partial charge in [0, 0.05) is 6.20 Å². The van der Waals surface area contributed by atoms with Crippen molar-refractivity contribution in [2.75, 3.05) is 0 Å². The Hall–Kier alpha value is -1.61. The van der Waals surface area contributed by atoms with Crippen LogP contribution in [0.1, 0.15) is 25.6 Å². The van der Waals surface area contributed by atoms with Gasteiger partial charge in [-0.2, -0.15) is 5.10 Å². The van der Waals surface area contributed by atoms with E-state index in [2.05, 4.69) is 5.10 Å². The number of aromatic nitrogens is 2. The normalized spacial score (nSPS) is 13.0. The lowest BCUT2D eigenvalue weighted by molar-refractivity contribution is 0.120. The van der Waals surface area contributed by atoms with Crippen LogP contribution in [0.25, 0.3) is 5.69 Å². The Balaban J connectivity index is 2.40. The maximum atomic E-state index is 10.1. The lowest BCUT2D eigenvalue weighted by Crippen LogP contribution is -2.11. The molecule has 2 aromatic rings. The molecule has 0 fully saturated rings. The average molecular weight is 216 g/mol. The van der Waals surface area contributed by atoms with Gasteiger partial charge in [-0.25, -0.2) is 4.68 Å². The number of benzene rings is 1. The number of aliphatic hydroxyl groups excluding tert-OH is 1. The van der Waals surface area contributed by atoms with Crippen molar-refractivity contribution in [2.24, 2.45) is 5.92 Å². The van der Waals surface area contributed by atoms with Crippen molar-refractivity contribution in [1.29, 1.82) is 0 Å². The molecule has 3 nitrogen and oxygen atoms in total. The third-order valence-electron chi connectivity index (χ3n) is 2.61. The van der Waals surface area contributed by atoms with Crippen LogP contribution >= 0.6 is 0 Å². The molecule has 0 aliphatic carbocycles. The molecule has 0 bridgehead atoms. The third kappa shape index (κ3) is 1.99. The zero-order valence-corrected chi connectivity index (χ0v) is 9.54. The molecule has 1 unspecified atom stereocenters. The Morgan fingerprint density at radius 1 is 1.12 bits per heavy atom. The summed E-state index contributed by atoms with van der Waals surface area (Å²) in [6.07, 6.45) is 1.23. The molecule has 0 aliphatic heterocycles. The lowest BCUT2D eigenvalue weighted by atomic mass is 10.0. The third-order valence-corrected chi connectivity index (χ3v) is 2.61. The molecule has 2 rings (SSSR count). The van der Waals surface area contributed by atoms with Crippen molar-refractivity contribution in [3.05, 3.63) is 48.3 Å². The standard InChI is InChI=1S/C13H16N2O/c1-10(2)13(16)12-8-9-14-15(12)11-6-4-3-5-7-11/h3-10,13,16H,1-2H3. The van der Waals surface area contributed by atoms with E-state index in [9.17, 15) is 5.11 Å². The molecule has 0 amide bonds. The van der Waals surface area contributed by atoms with Gasteiger partial charge in [-0.3, -0.25) is 0 Å². The molecular weight excluding hydrogens is 200 g/mol. The van der Waals surface area contributed by atoms with Crippen LogP contribution in [0.2, 0.25) is 0 Å². The Kier molecular flexibility index (Phi) is 3.06. The highest BCUT2D eigenvalue weighted by Gasteiger charge is 2.17. The largest absolute Gasteiger partial charge is 0.387 e. The molecular formula is C13H16N2O. The van der Waals surface area contributed by atoms with Crippen LogP contribution < -0.4 is 0 Å². The number of hydrogen-bond acceptors (Lipinski definition) is 2. The van der Waals surface area contributed by atoms with E-state index in [4.69, 9.17) is 0 Å². The molecule has 0 aliphatic rings. The maximum absolute atomic E-state index is 10.1. The molecule has 0 saturated carbocycles. The quantitative estimate of drug-likeness (QED) is 0.856. The summed E-state index contributed by atoms with van der Waals surface area (Å²) in [5.41, 5.74) is 1.81. The molecule has 1 N–H and O–H groups in total. The Bertz CT molecular complexity index is 448. The fourth-order valence-corrected chi connectivity index (χ4v) is 1.66. The summed E-state index contributed by atoms with van der Waals surface area (Å²) < 4.78 is 1.78. The lowest BCUT2D eigenvalue weighted by Gasteiger charge is -2.16. The average Bonchev–Trinajstić information content (AvgIpc) is 2.77. The zero-order valence-electron chi connectivity index (χ0n) is 9.54. The topological polar surface area (TPSA) is 38.1 Å². The van der Waals surface area contributed by atoms with Gasteiger partial charge in [0.2, 0.25) is 0 Å². The van der Waals surface area contributed by atoms with Crippen LogP contribution in [0, 0.1) is 5.92 Å². The van der Waals surface area contributed by atoms with Crippen molar-refractivity contribution in [1.82, 2.24) is 9.78 Å². The first-order valence-electron chi connectivity index (χ1n) is 5.47. The van der Waals surface area contributed by atoms with E-state index in [1.54, 1.807) is 10.9 Å². The minimum Gasteiger partial charge on any atom is -0.387 e. The van der Waals surface area contributed by atoms with Gasteiger partial charge in [0.05, 0.1) is 17.5 Å². The van der Waals surface area contributed by atoms with E-state index in [1.165, 1.54) is 0 Å². The minimum absolute atomic E-state index is 0.180. The van der Waals surface area contributed by atoms with Crippen LogP contribution in [-0.4, -0.2) is 14.9 Å². The van der Waals surface area contributed by atoms with Gasteiger partial charge in [0.15, 0.2) is 0 Å². The van der Waals surface area contributed by atoms with Crippen molar-refractivity contribution >= 4 is 0 Å². The van der Waals surface area contributed by atoms with Gasteiger partial charge < -0.3 is 5.11 Å². The Morgan fingerprint density at radius 3 is 2.44 bits per heavy atom. The summed E-state index contributed by atoms with van der Waals surface area (Å²) in [7, 11) is 0. The Labute approximate surface area is 95.3 Å². The van der Waals surface area contributed by atoms with E-state index in [0.717, 1.165) is 11.4 Å². The molecule has 1 heterocycles. The van der Waals surface area contributed by atoms with Crippen LogP contribution in [0.15, 0.2) is 42.6 Å². The fourth-order valence-electron chi connectivity index (χ4n) is 1.66. The zero-order chi connectivity index (χ0) is 11.5. The Morgan fingerprint density at radius 2 is 1.81 bits per heavy atom. The highest BCUT2D eigenvalue weighted by molar-refractivity contribution is 5.32. The number of nitrogens with zero attached hydrogens (tertiary/aromatic N) is 2. The molecule has 3 heteroatoms. The molecule has 0 spiro atoms. The molecule has 1 aromatic carbocycles. The second-order valence-electron chi connectivity index (χ2n) is 4.19. The van der Waals surface area contributed by atoms with Gasteiger partial charge >= 0.3 is 0 Å². The smallest absolute Gasteiger partial charge is 0.0983 e. The van der Waals surface area contributed by atoms with E-state index < -0.39 is 6.10 Å². The molecule has 0 saturated heterocycles. The van der Waals surface area contributed by atoms with E-state index in [0.29, 0.717) is 0 Å². The summed E-state index contributed by atoms with van der Waals surface area (Å²) in [6.45, 7) is 3.99. The molecule has 84 valence electrons. The number of aliphatic hydroxyl groups is 1. The second-order valence-corrected chi connectivity index (χ2v) is 4.19. The van der Waals surface area contributed by atoms with Crippen LogP contribution in [0.4, 0.5) is 0 Å². The predicted molar refractivity (Wildman–Crippen MR) is 63.4 cm³/mol. The summed E-state index contributed by atoms with van der Waals surface area (Å²) in [4.78, 5) is 0. The molecule has 16 heavy (non-hydrogen) atoms. The maximum Gasteiger partial charge on any atom is 0.0983 e. The fraction of sp³-hybridized carbons (Fsp3) is 0.308. The summed E-state index contributed by atoms with van der Waals surface area (Å²) >= 11 is 0. The van der Waals surface area contributed by atoms with Gasteiger partial charge in [-0.05, 0) is 24.1 Å². The van der Waals surface area contributed by atoms with Gasteiger partial charge in [0.25, 0.3) is 0 Å². The number of hydrogen-bond donors (Lipinski definition) is 1. The van der Waals surface area contributed by atoms with Crippen LogP contribution in [0.5, 0.6) is 0 Å². The van der Waals surface area contributed by atoms with Crippen LogP contribution in [-0.2, 0) is 0 Å². The first-order valence-corrected chi connectivity index (χ1v) is 5.47. The molecule has 1 aromatic heterocycles. The summed E-state index contributed by atoms with van der Waals surface area (Å²) in [5, 5.41) is 14.3. The van der Waals surface area contributed by atoms with Gasteiger partial charge in [0.1, 0.15) is 0 Å². The highest BCUT2D eigenvalue weighted by Crippen LogP contribution is 2.23. The summed E-state index contributed by atoms with van der Waals surface area (Å²) in [5.74, 6) is 0.180. The SMILES string of the molecule is CC(C)C(O)c1ccnn1-c1ccccc1. The number of para-hydroxylation sites is 1. The van der Waals surface area contributed by atoms with Gasteiger partial charge in [-0.15, -0.1) is 0 Å². The van der Waals surface area contributed by atoms with E-state index in [1.807, 2.05) is 50.2 Å². The van der Waals surface area contributed by atoms with Crippen molar-refractivity contribution in [2.45, 2.75) is 20.0 Å². The van der Waals surface area contributed by atoms with E-state index >= 15 is 0 Å². The minimum atomic E-state index is -0.484. The molecule has 0 radical (unpaired) electrons. The van der Waals surface area contributed by atoms with Crippen molar-refractivity contribution in [3.63, 3.8) is 0 Å². The van der Waals surface area contributed by atoms with Crippen molar-refractivity contribution < 1.29 is 5.11 Å². The number of rotatable bonds is 3. The highest BCUT2D eigenvalue weighted by atomic mass is 16.3. The summed E-state index contributed by atoms with van der Waals surface area (Å²) in [6, 6.07) is 11.7. The molecule has 1 atom stereocenters. The van der Waals surface area contributed by atoms with Crippen molar-refractivity contribution in [3.8, 4) is 5.69 Å². The van der Waals surface area contributed by atoms with Gasteiger partial charge in [-0.1, -0.05) is 32.0 Å². The van der Waals surface area contributed by atoms with E-state index in [-0.39, 0.29) is 5.92 Å².